The van der Waals surface area contributed by atoms with Crippen molar-refractivity contribution in [1.29, 1.82) is 0 Å². The number of carbonyl (C=O) groups excluding carboxylic acids is 1. The fraction of sp³-hybridized carbons (Fsp3) is 0.360. The third kappa shape index (κ3) is 20.0. The average Bonchev–Trinajstić information content (AvgIpc) is 1.61. The van der Waals surface area contributed by atoms with Gasteiger partial charge in [0.25, 0.3) is 0 Å². The fourth-order valence-electron chi connectivity index (χ4n) is 13.2. The van der Waals surface area contributed by atoms with Crippen LogP contribution in [0.4, 0.5) is 11.4 Å². The highest BCUT2D eigenvalue weighted by Crippen LogP contribution is 2.48. The number of hydrogen-bond acceptors (Lipinski definition) is 15. The number of carbonyl (C=O) groups is 1. The van der Waals surface area contributed by atoms with Gasteiger partial charge in [-0.15, -0.1) is 12.6 Å². The van der Waals surface area contributed by atoms with Crippen molar-refractivity contribution in [2.24, 2.45) is 0 Å². The highest BCUT2D eigenvalue weighted by Gasteiger charge is 2.44. The Labute approximate surface area is 564 Å². The first-order chi connectivity index (χ1) is 45.3. The Hall–Kier alpha value is -7.62. The molecule has 95 heavy (non-hydrogen) atoms. The molecular weight excluding hydrogens is 1230 g/mol. The van der Waals surface area contributed by atoms with Gasteiger partial charge in [0.15, 0.2) is 11.5 Å². The average molecular weight is 1330 g/mol. The van der Waals surface area contributed by atoms with Gasteiger partial charge in [-0.1, -0.05) is 161 Å². The number of anilines is 1. The maximum absolute atomic E-state index is 12.4. The van der Waals surface area contributed by atoms with E-state index >= 15 is 0 Å². The SMILES string of the molecule is C=C(C)C(=O)CCCCN(Cc1ccc(CN(Cc2ccc(OC3=C(C=CC4=[N+](CCCCS(=O)(=O)[O-])c5ccccc5C4(C)C)CCCC3=CC=C3N(CCCC)c4ccccc4C3(C)C)cc2)Cc2ccccc2B(O)O)cc1)Cc1ccccc1B(O)O.O=S(=O)=O. The third-order valence-electron chi connectivity index (χ3n) is 18.2. The maximum Gasteiger partial charge on any atom is 0.488 e. The molecule has 0 fully saturated rings. The zero-order valence-electron chi connectivity index (χ0n) is 55.6. The van der Waals surface area contributed by atoms with Crippen molar-refractivity contribution in [2.75, 3.05) is 30.3 Å². The molecule has 0 saturated heterocycles. The highest BCUT2D eigenvalue weighted by atomic mass is 32.2. The Kier molecular flexibility index (Phi) is 26.1. The summed E-state index contributed by atoms with van der Waals surface area (Å²) in [6.45, 7) is 21.7. The van der Waals surface area contributed by atoms with E-state index in [0.29, 0.717) is 80.9 Å². The summed E-state index contributed by atoms with van der Waals surface area (Å²) in [6.07, 6.45) is 16.5. The van der Waals surface area contributed by atoms with Crippen LogP contribution in [0.25, 0.3) is 0 Å². The van der Waals surface area contributed by atoms with E-state index in [9.17, 15) is 37.9 Å². The molecule has 9 rings (SSSR count). The molecule has 2 aliphatic heterocycles. The highest BCUT2D eigenvalue weighted by molar-refractivity contribution is 7.85. The molecule has 0 bridgehead atoms. The molecule has 0 atom stereocenters. The largest absolute Gasteiger partial charge is 0.748 e. The quantitative estimate of drug-likeness (QED) is 0.0104. The molecule has 1 aliphatic carbocycles. The molecule has 0 saturated carbocycles. The summed E-state index contributed by atoms with van der Waals surface area (Å²) >= 11 is 0. The van der Waals surface area contributed by atoms with Crippen molar-refractivity contribution < 1.29 is 59.8 Å². The van der Waals surface area contributed by atoms with Gasteiger partial charge in [0.1, 0.15) is 18.1 Å². The van der Waals surface area contributed by atoms with Crippen LogP contribution in [0.2, 0.25) is 0 Å². The fourth-order valence-corrected chi connectivity index (χ4v) is 13.8. The number of Topliss-reactive ketones (excluding diaryl/α,β-unsaturated/α-hetero) is 1. The van der Waals surface area contributed by atoms with E-state index in [0.717, 1.165) is 108 Å². The van der Waals surface area contributed by atoms with E-state index in [4.69, 9.17) is 17.4 Å². The number of benzene rings is 6. The van der Waals surface area contributed by atoms with Crippen LogP contribution < -0.4 is 20.6 Å². The Morgan fingerprint density at radius 3 is 1.81 bits per heavy atom. The van der Waals surface area contributed by atoms with Gasteiger partial charge in [0.2, 0.25) is 5.69 Å². The second kappa shape index (κ2) is 33.9. The monoisotopic (exact) mass is 1320 g/mol. The van der Waals surface area contributed by atoms with Crippen LogP contribution >= 0.6 is 0 Å². The van der Waals surface area contributed by atoms with Crippen molar-refractivity contribution in [3.8, 4) is 5.75 Å². The summed E-state index contributed by atoms with van der Waals surface area (Å²) in [6, 6.07) is 48.7. The maximum atomic E-state index is 12.4. The standard InChI is InChI=1S/C75H90B2N4O9S.O3S/c1-8-9-47-80-68-31-16-12-27-64(68)74(4,5)71(80)44-40-59-25-22-26-60(41-45-72-75(6,7)65-28-13-17-32-69(65)81(72)48-20-21-49-91(87,88)89)73(59)90-63-42-38-58(39-43-63)52-79(54-62-24-11-15-30-67(62)77(85)86)51-57-36-34-56(35-37-57)50-78(46-19-18-33-70(82)55(2)3)53-61-23-10-14-29-66(61)76(83)84;1-4(2)3/h10-17,23-24,27-32,34-45,83-86H,2,8-9,18-22,25-26,33,46-54H2,1,3-7H3;. The van der Waals surface area contributed by atoms with Crippen LogP contribution in [0.15, 0.2) is 205 Å². The van der Waals surface area contributed by atoms with Gasteiger partial charge in [-0.3, -0.25) is 14.6 Å². The molecule has 0 radical (unpaired) electrons. The normalized spacial score (nSPS) is 15.8. The van der Waals surface area contributed by atoms with Gasteiger partial charge in [-0.05, 0) is 164 Å². The zero-order chi connectivity index (χ0) is 68.5. The van der Waals surface area contributed by atoms with Crippen molar-refractivity contribution in [3.05, 3.63) is 244 Å². The van der Waals surface area contributed by atoms with Crippen LogP contribution in [0.5, 0.6) is 5.75 Å². The number of ketones is 1. The van der Waals surface area contributed by atoms with Crippen LogP contribution in [0.1, 0.15) is 145 Å². The first-order valence-corrected chi connectivity index (χ1v) is 35.4. The number of fused-ring (bicyclic) bond motifs is 2. The number of ether oxygens (including phenoxy) is 1. The summed E-state index contributed by atoms with van der Waals surface area (Å²) in [5.41, 5.74) is 15.1. The number of unbranched alkanes of at least 4 members (excludes halogenated alkanes) is 3. The van der Waals surface area contributed by atoms with Crippen LogP contribution in [-0.2, 0) is 69.1 Å². The molecule has 6 aromatic carbocycles. The first kappa shape index (κ1) is 73.2. The van der Waals surface area contributed by atoms with Gasteiger partial charge >= 0.3 is 24.8 Å². The zero-order valence-corrected chi connectivity index (χ0v) is 57.3. The molecule has 3 aliphatic rings. The number of allylic oxidation sites excluding steroid dienone is 8. The van der Waals surface area contributed by atoms with Gasteiger partial charge < -0.3 is 34.3 Å². The lowest BCUT2D eigenvalue weighted by atomic mass is 9.77. The summed E-state index contributed by atoms with van der Waals surface area (Å²) in [7, 11) is -10.7. The summed E-state index contributed by atoms with van der Waals surface area (Å²) in [4.78, 5) is 19.4. The van der Waals surface area contributed by atoms with E-state index in [-0.39, 0.29) is 23.0 Å². The lowest BCUT2D eigenvalue weighted by Crippen LogP contribution is -2.36. The predicted molar refractivity (Wildman–Crippen MR) is 377 cm³/mol. The third-order valence-corrected chi connectivity index (χ3v) is 19.0. The van der Waals surface area contributed by atoms with Crippen LogP contribution in [0.3, 0.4) is 0 Å². The van der Waals surface area contributed by atoms with E-state index in [1.807, 2.05) is 48.5 Å². The van der Waals surface area contributed by atoms with Crippen molar-refractivity contribution in [1.82, 2.24) is 9.80 Å². The van der Waals surface area contributed by atoms with Crippen molar-refractivity contribution >= 4 is 68.8 Å². The molecule has 500 valence electrons. The molecule has 2 heterocycles. The Bertz CT molecular complexity index is 4060. The van der Waals surface area contributed by atoms with E-state index in [1.54, 1.807) is 25.1 Å². The molecule has 0 aromatic heterocycles. The summed E-state index contributed by atoms with van der Waals surface area (Å²) in [5, 5.41) is 41.4. The molecule has 0 unspecified atom stereocenters. The number of para-hydroxylation sites is 2. The number of nitrogens with zero attached hydrogens (tertiary/aromatic N) is 4. The van der Waals surface area contributed by atoms with Gasteiger partial charge in [0.05, 0.1) is 15.5 Å². The van der Waals surface area contributed by atoms with E-state index in [1.165, 1.54) is 22.5 Å². The molecule has 0 amide bonds. The minimum Gasteiger partial charge on any atom is -0.748 e. The Morgan fingerprint density at radius 2 is 1.22 bits per heavy atom. The van der Waals surface area contributed by atoms with Gasteiger partial charge in [0, 0.05) is 92.4 Å². The Balaban J connectivity index is 0.00000281. The molecule has 16 nitrogen and oxygen atoms in total. The molecular formula is C75H90B2N4O12S2. The van der Waals surface area contributed by atoms with E-state index < -0.39 is 40.7 Å². The van der Waals surface area contributed by atoms with Gasteiger partial charge in [-0.2, -0.15) is 4.58 Å². The van der Waals surface area contributed by atoms with Crippen LogP contribution in [0, 0.1) is 0 Å². The molecule has 0 spiro atoms. The second-order valence-corrected chi connectivity index (χ2v) is 27.9. The molecule has 4 N–H and O–H groups in total. The lowest BCUT2D eigenvalue weighted by Gasteiger charge is -2.27. The minimum absolute atomic E-state index is 0.0654. The molecule has 20 heteroatoms. The summed E-state index contributed by atoms with van der Waals surface area (Å²) < 4.78 is 69.7. The second-order valence-electron chi connectivity index (χ2n) is 26.0. The number of rotatable bonds is 31. The van der Waals surface area contributed by atoms with Crippen molar-refractivity contribution in [3.63, 3.8) is 0 Å². The minimum atomic E-state index is -4.33. The summed E-state index contributed by atoms with van der Waals surface area (Å²) in [5.74, 6) is 1.19. The number of hydrogen-bond donors (Lipinski definition) is 4. The molecule has 6 aromatic rings. The topological polar surface area (TPSA) is 228 Å². The van der Waals surface area contributed by atoms with Crippen LogP contribution in [-0.4, -0.2) is 111 Å². The van der Waals surface area contributed by atoms with E-state index in [2.05, 4.69) is 164 Å². The Morgan fingerprint density at radius 1 is 0.674 bits per heavy atom. The first-order valence-electron chi connectivity index (χ1n) is 32.8. The smallest absolute Gasteiger partial charge is 0.488 e. The van der Waals surface area contributed by atoms with Gasteiger partial charge in [-0.25, -0.2) is 8.42 Å². The predicted octanol–water partition coefficient (Wildman–Crippen LogP) is 10.7. The van der Waals surface area contributed by atoms with Crippen molar-refractivity contribution in [2.45, 2.75) is 149 Å². The lowest BCUT2D eigenvalue weighted by molar-refractivity contribution is -0.438.